The van der Waals surface area contributed by atoms with Gasteiger partial charge in [0.05, 0.1) is 10.6 Å². The molecule has 22 heavy (non-hydrogen) atoms. The second kappa shape index (κ2) is 6.52. The van der Waals surface area contributed by atoms with Crippen molar-refractivity contribution in [3.63, 3.8) is 0 Å². The van der Waals surface area contributed by atoms with E-state index in [0.29, 0.717) is 14.2 Å². The fourth-order valence-corrected chi connectivity index (χ4v) is 3.33. The lowest BCUT2D eigenvalue weighted by molar-refractivity contribution is -0.121. The number of hydrogen-bond acceptors (Lipinski definition) is 4. The Morgan fingerprint density at radius 2 is 1.91 bits per heavy atom. The van der Waals surface area contributed by atoms with Crippen molar-refractivity contribution in [1.29, 1.82) is 0 Å². The minimum absolute atomic E-state index is 0.168. The standard InChI is InChI=1S/C16H11ClN2OS2/c17-12-6-4-5-11(9-12)10-14-15(20)19(16(21)22-14)18-13-7-2-1-3-8-13/h1-10,18H. The van der Waals surface area contributed by atoms with Gasteiger partial charge in [0.15, 0.2) is 4.32 Å². The van der Waals surface area contributed by atoms with E-state index >= 15 is 0 Å². The Morgan fingerprint density at radius 1 is 1.14 bits per heavy atom. The normalized spacial score (nSPS) is 16.4. The summed E-state index contributed by atoms with van der Waals surface area (Å²) in [5, 5.41) is 2.01. The molecule has 0 radical (unpaired) electrons. The van der Waals surface area contributed by atoms with Gasteiger partial charge < -0.3 is 0 Å². The highest BCUT2D eigenvalue weighted by Gasteiger charge is 2.32. The lowest BCUT2D eigenvalue weighted by Crippen LogP contribution is -2.33. The number of hydrogen-bond donors (Lipinski definition) is 1. The second-order valence-electron chi connectivity index (χ2n) is 4.55. The number of halogens is 1. The van der Waals surface area contributed by atoms with Crippen LogP contribution in [0.2, 0.25) is 5.02 Å². The van der Waals surface area contributed by atoms with Gasteiger partial charge in [-0.05, 0) is 48.1 Å². The molecule has 1 N–H and O–H groups in total. The van der Waals surface area contributed by atoms with E-state index in [4.69, 9.17) is 23.8 Å². The number of benzene rings is 2. The van der Waals surface area contributed by atoms with Crippen LogP contribution >= 0.6 is 35.6 Å². The van der Waals surface area contributed by atoms with Crippen LogP contribution in [0, 0.1) is 0 Å². The number of para-hydroxylation sites is 1. The van der Waals surface area contributed by atoms with Gasteiger partial charge >= 0.3 is 0 Å². The lowest BCUT2D eigenvalue weighted by Gasteiger charge is -2.16. The monoisotopic (exact) mass is 346 g/mol. The molecule has 1 fully saturated rings. The van der Waals surface area contributed by atoms with Crippen molar-refractivity contribution in [3.05, 3.63) is 70.1 Å². The Labute approximate surface area is 142 Å². The summed E-state index contributed by atoms with van der Waals surface area (Å²) < 4.78 is 0.474. The Morgan fingerprint density at radius 3 is 2.64 bits per heavy atom. The first-order chi connectivity index (χ1) is 10.6. The van der Waals surface area contributed by atoms with Crippen molar-refractivity contribution in [1.82, 2.24) is 5.01 Å². The van der Waals surface area contributed by atoms with E-state index in [9.17, 15) is 4.79 Å². The molecule has 1 amide bonds. The minimum Gasteiger partial charge on any atom is -0.290 e. The van der Waals surface area contributed by atoms with Crippen LogP contribution in [-0.2, 0) is 4.79 Å². The molecule has 3 rings (SSSR count). The minimum atomic E-state index is -0.168. The number of thioether (sulfide) groups is 1. The molecule has 0 spiro atoms. The number of anilines is 1. The van der Waals surface area contributed by atoms with Gasteiger partial charge in [-0.2, -0.15) is 0 Å². The summed E-state index contributed by atoms with van der Waals surface area (Å²) in [5.41, 5.74) is 4.70. The smallest absolute Gasteiger partial charge is 0.285 e. The van der Waals surface area contributed by atoms with Crippen LogP contribution < -0.4 is 5.43 Å². The van der Waals surface area contributed by atoms with Crippen molar-refractivity contribution in [2.75, 3.05) is 5.43 Å². The average Bonchev–Trinajstić information content (AvgIpc) is 2.76. The van der Waals surface area contributed by atoms with Gasteiger partial charge in [-0.1, -0.05) is 53.7 Å². The van der Waals surface area contributed by atoms with Gasteiger partial charge in [-0.3, -0.25) is 10.2 Å². The quantitative estimate of drug-likeness (QED) is 0.652. The topological polar surface area (TPSA) is 32.3 Å². The van der Waals surface area contributed by atoms with Gasteiger partial charge in [0.25, 0.3) is 5.91 Å². The lowest BCUT2D eigenvalue weighted by atomic mass is 10.2. The highest BCUT2D eigenvalue weighted by Crippen LogP contribution is 2.33. The predicted molar refractivity (Wildman–Crippen MR) is 96.5 cm³/mol. The number of nitrogens with zero attached hydrogens (tertiary/aromatic N) is 1. The van der Waals surface area contributed by atoms with Crippen LogP contribution in [0.5, 0.6) is 0 Å². The predicted octanol–water partition coefficient (Wildman–Crippen LogP) is 4.57. The third-order valence-corrected chi connectivity index (χ3v) is 4.49. The Kier molecular flexibility index (Phi) is 4.47. The molecule has 0 unspecified atom stereocenters. The fraction of sp³-hybridized carbons (Fsp3) is 0. The molecule has 0 atom stereocenters. The summed E-state index contributed by atoms with van der Waals surface area (Å²) in [6, 6.07) is 16.8. The molecule has 110 valence electrons. The van der Waals surface area contributed by atoms with Crippen LogP contribution in [0.1, 0.15) is 5.56 Å². The summed E-state index contributed by atoms with van der Waals surface area (Å²) in [6.45, 7) is 0. The molecule has 2 aromatic rings. The second-order valence-corrected chi connectivity index (χ2v) is 6.66. The van der Waals surface area contributed by atoms with Crippen LogP contribution in [0.3, 0.4) is 0 Å². The Bertz CT molecular complexity index is 762. The number of carbonyl (C=O) groups excluding carboxylic acids is 1. The van der Waals surface area contributed by atoms with Crippen LogP contribution in [-0.4, -0.2) is 15.2 Å². The van der Waals surface area contributed by atoms with E-state index in [1.54, 1.807) is 18.2 Å². The summed E-state index contributed by atoms with van der Waals surface area (Å²) in [4.78, 5) is 13.0. The Hall–Kier alpha value is -1.82. The van der Waals surface area contributed by atoms with Crippen molar-refractivity contribution in [3.8, 4) is 0 Å². The van der Waals surface area contributed by atoms with Crippen LogP contribution in [0.15, 0.2) is 59.5 Å². The first kappa shape index (κ1) is 15.1. The summed E-state index contributed by atoms with van der Waals surface area (Å²) in [6.07, 6.45) is 1.79. The van der Waals surface area contributed by atoms with E-state index in [0.717, 1.165) is 11.3 Å². The number of rotatable bonds is 3. The zero-order valence-electron chi connectivity index (χ0n) is 11.3. The molecular weight excluding hydrogens is 336 g/mol. The van der Waals surface area contributed by atoms with E-state index < -0.39 is 0 Å². The van der Waals surface area contributed by atoms with Gasteiger partial charge in [-0.15, -0.1) is 0 Å². The SMILES string of the molecule is O=C1C(=Cc2cccc(Cl)c2)SC(=S)N1Nc1ccccc1. The molecular formula is C16H11ClN2OS2. The molecule has 0 bridgehead atoms. The molecule has 1 aliphatic rings. The van der Waals surface area contributed by atoms with Crippen molar-refractivity contribution >= 4 is 57.6 Å². The third kappa shape index (κ3) is 3.32. The summed E-state index contributed by atoms with van der Waals surface area (Å²) in [5.74, 6) is -0.168. The molecule has 0 aromatic heterocycles. The summed E-state index contributed by atoms with van der Waals surface area (Å²) in [7, 11) is 0. The maximum Gasteiger partial charge on any atom is 0.285 e. The number of amides is 1. The zero-order chi connectivity index (χ0) is 15.5. The van der Waals surface area contributed by atoms with E-state index in [1.807, 2.05) is 42.5 Å². The van der Waals surface area contributed by atoms with Crippen LogP contribution in [0.25, 0.3) is 6.08 Å². The number of nitrogens with one attached hydrogen (secondary N) is 1. The molecule has 3 nitrogen and oxygen atoms in total. The number of carbonyl (C=O) groups is 1. The van der Waals surface area contributed by atoms with Gasteiger partial charge in [0, 0.05) is 5.02 Å². The van der Waals surface area contributed by atoms with E-state index in [-0.39, 0.29) is 5.91 Å². The highest BCUT2D eigenvalue weighted by atomic mass is 35.5. The summed E-state index contributed by atoms with van der Waals surface area (Å²) >= 11 is 12.5. The van der Waals surface area contributed by atoms with Crippen molar-refractivity contribution in [2.45, 2.75) is 0 Å². The zero-order valence-corrected chi connectivity index (χ0v) is 13.7. The molecule has 0 saturated carbocycles. The van der Waals surface area contributed by atoms with Crippen molar-refractivity contribution < 1.29 is 4.79 Å². The molecule has 2 aromatic carbocycles. The first-order valence-electron chi connectivity index (χ1n) is 6.49. The molecule has 0 aliphatic carbocycles. The Balaban J connectivity index is 1.82. The molecule has 1 aliphatic heterocycles. The maximum absolute atomic E-state index is 12.5. The molecule has 1 heterocycles. The van der Waals surface area contributed by atoms with Crippen molar-refractivity contribution in [2.24, 2.45) is 0 Å². The number of hydrazine groups is 1. The highest BCUT2D eigenvalue weighted by molar-refractivity contribution is 8.26. The average molecular weight is 347 g/mol. The maximum atomic E-state index is 12.5. The van der Waals surface area contributed by atoms with Gasteiger partial charge in [0.2, 0.25) is 0 Å². The van der Waals surface area contributed by atoms with E-state index in [1.165, 1.54) is 16.8 Å². The van der Waals surface area contributed by atoms with Gasteiger partial charge in [0.1, 0.15) is 0 Å². The van der Waals surface area contributed by atoms with Crippen LogP contribution in [0.4, 0.5) is 5.69 Å². The first-order valence-corrected chi connectivity index (χ1v) is 8.09. The fourth-order valence-electron chi connectivity index (χ4n) is 1.95. The molecule has 1 saturated heterocycles. The van der Waals surface area contributed by atoms with Gasteiger partial charge in [-0.25, -0.2) is 5.01 Å². The van der Waals surface area contributed by atoms with E-state index in [2.05, 4.69) is 5.43 Å². The number of thiocarbonyl (C=S) groups is 1. The molecule has 6 heteroatoms. The largest absolute Gasteiger partial charge is 0.290 e. The third-order valence-electron chi connectivity index (χ3n) is 2.95.